The highest BCUT2D eigenvalue weighted by atomic mass is 16.3. The Kier molecular flexibility index (Phi) is 3.09. The Bertz CT molecular complexity index is 377. The average molecular weight is 224 g/mol. The molecule has 1 aromatic rings. The van der Waals surface area contributed by atoms with Crippen LogP contribution in [-0.4, -0.2) is 40.4 Å². The van der Waals surface area contributed by atoms with E-state index in [1.807, 2.05) is 0 Å². The molecule has 4 N–H and O–H groups in total. The normalized spacial score (nSPS) is 24.4. The van der Waals surface area contributed by atoms with Crippen molar-refractivity contribution < 1.29 is 9.90 Å². The number of aromatic nitrogens is 2. The molecule has 0 unspecified atom stereocenters. The Morgan fingerprint density at radius 1 is 1.62 bits per heavy atom. The SMILES string of the molecule is CNc1cc(C(=O)N[C@@H]2CCC[C@H]2O)[nH]n1. The van der Waals surface area contributed by atoms with Crippen LogP contribution in [0.3, 0.4) is 0 Å². The van der Waals surface area contributed by atoms with Gasteiger partial charge in [0.2, 0.25) is 0 Å². The Morgan fingerprint density at radius 2 is 2.44 bits per heavy atom. The summed E-state index contributed by atoms with van der Waals surface area (Å²) in [7, 11) is 1.73. The third-order valence-corrected chi connectivity index (χ3v) is 2.87. The molecule has 1 aliphatic carbocycles. The quantitative estimate of drug-likeness (QED) is 0.586. The molecule has 6 heteroatoms. The molecule has 0 aromatic carbocycles. The van der Waals surface area contributed by atoms with E-state index < -0.39 is 6.10 Å². The molecule has 0 radical (unpaired) electrons. The lowest BCUT2D eigenvalue weighted by Crippen LogP contribution is -2.39. The summed E-state index contributed by atoms with van der Waals surface area (Å²) >= 11 is 0. The number of rotatable bonds is 3. The Balaban J connectivity index is 1.97. The van der Waals surface area contributed by atoms with Crippen LogP contribution in [0.25, 0.3) is 0 Å². The molecule has 2 rings (SSSR count). The number of aliphatic hydroxyl groups excluding tert-OH is 1. The fourth-order valence-corrected chi connectivity index (χ4v) is 1.92. The maximum absolute atomic E-state index is 11.8. The lowest BCUT2D eigenvalue weighted by atomic mass is 10.2. The summed E-state index contributed by atoms with van der Waals surface area (Å²) in [4.78, 5) is 11.8. The van der Waals surface area contributed by atoms with Gasteiger partial charge in [0.25, 0.3) is 5.91 Å². The van der Waals surface area contributed by atoms with E-state index in [1.54, 1.807) is 13.1 Å². The lowest BCUT2D eigenvalue weighted by molar-refractivity contribution is 0.0868. The molecule has 2 atom stereocenters. The summed E-state index contributed by atoms with van der Waals surface area (Å²) in [5.41, 5.74) is 0.406. The van der Waals surface area contributed by atoms with Crippen LogP contribution in [0, 0.1) is 0 Å². The summed E-state index contributed by atoms with van der Waals surface area (Å²) in [6.07, 6.45) is 2.13. The van der Waals surface area contributed by atoms with Gasteiger partial charge in [-0.3, -0.25) is 9.89 Å². The van der Waals surface area contributed by atoms with Crippen LogP contribution < -0.4 is 10.6 Å². The van der Waals surface area contributed by atoms with Crippen LogP contribution in [0.4, 0.5) is 5.82 Å². The van der Waals surface area contributed by atoms with E-state index in [4.69, 9.17) is 0 Å². The minimum atomic E-state index is -0.421. The Morgan fingerprint density at radius 3 is 3.00 bits per heavy atom. The van der Waals surface area contributed by atoms with Crippen LogP contribution >= 0.6 is 0 Å². The van der Waals surface area contributed by atoms with Crippen molar-refractivity contribution in [2.24, 2.45) is 0 Å². The topological polar surface area (TPSA) is 90.0 Å². The highest BCUT2D eigenvalue weighted by Gasteiger charge is 2.27. The van der Waals surface area contributed by atoms with Crippen molar-refractivity contribution in [3.8, 4) is 0 Å². The van der Waals surface area contributed by atoms with Crippen LogP contribution in [0.15, 0.2) is 6.07 Å². The number of aromatic amines is 1. The Labute approximate surface area is 93.4 Å². The molecule has 6 nitrogen and oxygen atoms in total. The van der Waals surface area contributed by atoms with Crippen molar-refractivity contribution in [1.29, 1.82) is 0 Å². The molecule has 0 bridgehead atoms. The summed E-state index contributed by atoms with van der Waals surface area (Å²) in [5, 5.41) is 21.7. The number of anilines is 1. The maximum Gasteiger partial charge on any atom is 0.269 e. The predicted molar refractivity (Wildman–Crippen MR) is 59.2 cm³/mol. The van der Waals surface area contributed by atoms with Gasteiger partial charge in [0, 0.05) is 13.1 Å². The van der Waals surface area contributed by atoms with Crippen molar-refractivity contribution in [3.05, 3.63) is 11.8 Å². The fourth-order valence-electron chi connectivity index (χ4n) is 1.92. The van der Waals surface area contributed by atoms with E-state index in [1.165, 1.54) is 0 Å². The van der Waals surface area contributed by atoms with E-state index in [0.717, 1.165) is 19.3 Å². The lowest BCUT2D eigenvalue weighted by Gasteiger charge is -2.15. The molecular formula is C10H16N4O2. The van der Waals surface area contributed by atoms with Gasteiger partial charge in [-0.1, -0.05) is 0 Å². The van der Waals surface area contributed by atoms with Crippen molar-refractivity contribution in [3.63, 3.8) is 0 Å². The summed E-state index contributed by atoms with van der Waals surface area (Å²) in [6.45, 7) is 0. The zero-order valence-corrected chi connectivity index (χ0v) is 9.16. The molecule has 0 spiro atoms. The second-order valence-corrected chi connectivity index (χ2v) is 4.00. The largest absolute Gasteiger partial charge is 0.391 e. The van der Waals surface area contributed by atoms with Gasteiger partial charge in [-0.05, 0) is 19.3 Å². The van der Waals surface area contributed by atoms with Crippen LogP contribution in [0.1, 0.15) is 29.8 Å². The third kappa shape index (κ3) is 2.16. The van der Waals surface area contributed by atoms with E-state index in [0.29, 0.717) is 11.5 Å². The smallest absolute Gasteiger partial charge is 0.269 e. The van der Waals surface area contributed by atoms with Gasteiger partial charge in [0.1, 0.15) is 11.5 Å². The second kappa shape index (κ2) is 4.52. The fraction of sp³-hybridized carbons (Fsp3) is 0.600. The second-order valence-electron chi connectivity index (χ2n) is 4.00. The number of H-pyrrole nitrogens is 1. The van der Waals surface area contributed by atoms with Crippen molar-refractivity contribution in [1.82, 2.24) is 15.5 Å². The molecule has 1 aliphatic rings. The molecule has 0 saturated heterocycles. The Hall–Kier alpha value is -1.56. The van der Waals surface area contributed by atoms with Gasteiger partial charge >= 0.3 is 0 Å². The number of aliphatic hydroxyl groups is 1. The molecule has 16 heavy (non-hydrogen) atoms. The predicted octanol–water partition coefficient (Wildman–Crippen LogP) is 0.0946. The van der Waals surface area contributed by atoms with Gasteiger partial charge < -0.3 is 15.7 Å². The van der Waals surface area contributed by atoms with Gasteiger partial charge in [-0.15, -0.1) is 0 Å². The van der Waals surface area contributed by atoms with Crippen LogP contribution in [0.5, 0.6) is 0 Å². The van der Waals surface area contributed by atoms with Crippen molar-refractivity contribution >= 4 is 11.7 Å². The van der Waals surface area contributed by atoms with Crippen LogP contribution in [-0.2, 0) is 0 Å². The maximum atomic E-state index is 11.8. The van der Waals surface area contributed by atoms with E-state index >= 15 is 0 Å². The minimum absolute atomic E-state index is 0.131. The minimum Gasteiger partial charge on any atom is -0.391 e. The highest BCUT2D eigenvalue weighted by molar-refractivity contribution is 5.93. The number of nitrogens with one attached hydrogen (secondary N) is 3. The molecular weight excluding hydrogens is 208 g/mol. The summed E-state index contributed by atoms with van der Waals surface area (Å²) < 4.78 is 0. The molecule has 1 aromatic heterocycles. The summed E-state index contributed by atoms with van der Waals surface area (Å²) in [6, 6.07) is 1.50. The van der Waals surface area contributed by atoms with E-state index in [2.05, 4.69) is 20.8 Å². The molecule has 1 amide bonds. The molecule has 1 saturated carbocycles. The average Bonchev–Trinajstić information content (AvgIpc) is 2.88. The number of carbonyl (C=O) groups excluding carboxylic acids is 1. The monoisotopic (exact) mass is 224 g/mol. The van der Waals surface area contributed by atoms with E-state index in [9.17, 15) is 9.90 Å². The molecule has 88 valence electrons. The zero-order valence-electron chi connectivity index (χ0n) is 9.16. The first kappa shape index (κ1) is 10.9. The van der Waals surface area contributed by atoms with Gasteiger partial charge in [0.15, 0.2) is 0 Å². The number of hydrogen-bond donors (Lipinski definition) is 4. The zero-order chi connectivity index (χ0) is 11.5. The van der Waals surface area contributed by atoms with E-state index in [-0.39, 0.29) is 11.9 Å². The number of nitrogens with zero attached hydrogens (tertiary/aromatic N) is 1. The number of carbonyl (C=O) groups is 1. The summed E-state index contributed by atoms with van der Waals surface area (Å²) in [5.74, 6) is 0.400. The van der Waals surface area contributed by atoms with Gasteiger partial charge in [-0.25, -0.2) is 0 Å². The van der Waals surface area contributed by atoms with Gasteiger partial charge in [0.05, 0.1) is 12.1 Å². The van der Waals surface area contributed by atoms with Crippen LogP contribution in [0.2, 0.25) is 0 Å². The number of hydrogen-bond acceptors (Lipinski definition) is 4. The molecule has 1 fully saturated rings. The standard InChI is InChI=1S/C10H16N4O2/c1-11-9-5-7(13-14-9)10(16)12-6-3-2-4-8(6)15/h5-6,8,15H,2-4H2,1H3,(H,12,16)(H2,11,13,14)/t6-,8-/m1/s1. The first-order valence-electron chi connectivity index (χ1n) is 5.43. The molecule has 0 aliphatic heterocycles. The first-order valence-corrected chi connectivity index (χ1v) is 5.43. The number of amides is 1. The first-order chi connectivity index (χ1) is 7.70. The van der Waals surface area contributed by atoms with Crippen molar-refractivity contribution in [2.75, 3.05) is 12.4 Å². The third-order valence-electron chi connectivity index (χ3n) is 2.87. The molecule has 1 heterocycles. The van der Waals surface area contributed by atoms with Gasteiger partial charge in [-0.2, -0.15) is 5.10 Å². The highest BCUT2D eigenvalue weighted by Crippen LogP contribution is 2.19. The van der Waals surface area contributed by atoms with Crippen molar-refractivity contribution in [2.45, 2.75) is 31.4 Å².